The molecule has 2 aliphatic rings. The molecule has 0 aromatic heterocycles. The molecule has 324 valence electrons. The van der Waals surface area contributed by atoms with Crippen LogP contribution in [0.4, 0.5) is 0 Å². The second-order valence-corrected chi connectivity index (χ2v) is 27.9. The Morgan fingerprint density at radius 2 is 0.478 bits per heavy atom. The first kappa shape index (κ1) is 42.6. The average molecular weight is 923 g/mol. The summed E-state index contributed by atoms with van der Waals surface area (Å²) in [6, 6.07) is 89.5. The Hall–Kier alpha value is -7.02. The zero-order valence-corrected chi connectivity index (χ0v) is 39.1. The van der Waals surface area contributed by atoms with E-state index < -0.39 is 43.3 Å². The van der Waals surface area contributed by atoms with Crippen LogP contribution in [0, 0.1) is 0 Å². The van der Waals surface area contributed by atoms with Gasteiger partial charge < -0.3 is 0 Å². The third kappa shape index (κ3) is 5.78. The fourth-order valence-electron chi connectivity index (χ4n) is 10.9. The van der Waals surface area contributed by atoms with Crippen LogP contribution in [0.1, 0.15) is 0 Å². The molecule has 11 rings (SSSR count). The van der Waals surface area contributed by atoms with Gasteiger partial charge >= 0.3 is 394 Å². The minimum absolute atomic E-state index is 0.0761. The normalized spacial score (nSPS) is 16.8. The fraction of sp³-hybridized carbons (Fsp3) is 0.0167. The zero-order chi connectivity index (χ0) is 45.6. The molecule has 1 spiro atoms. The van der Waals surface area contributed by atoms with E-state index in [4.69, 9.17) is 4.52 Å². The van der Waals surface area contributed by atoms with Crippen molar-refractivity contribution in [3.63, 3.8) is 0 Å². The number of benzene rings is 9. The number of carbonyl (C=O) groups excluding carboxylic acids is 3. The third-order valence-corrected chi connectivity index (χ3v) is 28.3. The quantitative estimate of drug-likeness (QED) is 0.0833. The number of Topliss-reactive ketones (excluding diaryl/α,β-unsaturated/α-hetero) is 3. The minimum atomic E-state index is -4.80. The molecule has 1 saturated heterocycles. The van der Waals surface area contributed by atoms with E-state index in [-0.39, 0.29) is 10.6 Å². The van der Waals surface area contributed by atoms with Gasteiger partial charge in [-0.25, -0.2) is 0 Å². The SMILES string of the molecule is O=C1C(=P(c2ccccc2)(c2ccccc2)c2ccccc2)C(=O)C2(OP2(c2ccccc2)(c2ccccc2)c2ccccc2)C(=O)C1=P(c1ccccc1)(c1ccccc1)c1ccccc1. The van der Waals surface area contributed by atoms with Gasteiger partial charge in [-0.3, -0.25) is 0 Å². The molecule has 0 unspecified atom stereocenters. The molecule has 2 fully saturated rings. The van der Waals surface area contributed by atoms with Gasteiger partial charge in [0.2, 0.25) is 0 Å². The van der Waals surface area contributed by atoms with Gasteiger partial charge in [0.25, 0.3) is 0 Å². The van der Waals surface area contributed by atoms with Crippen molar-refractivity contribution in [3.8, 4) is 0 Å². The van der Waals surface area contributed by atoms with Gasteiger partial charge in [0.1, 0.15) is 0 Å². The first-order chi connectivity index (χ1) is 33.0. The Kier molecular flexibility index (Phi) is 10.6. The Bertz CT molecular complexity index is 2960. The number of carbonyl (C=O) groups is 3. The molecular formula is C60H45O4P3. The summed E-state index contributed by atoms with van der Waals surface area (Å²) >= 11 is 0. The predicted octanol–water partition coefficient (Wildman–Crippen LogP) is 8.21. The van der Waals surface area contributed by atoms with E-state index >= 15 is 14.4 Å². The molecule has 7 heteroatoms. The van der Waals surface area contributed by atoms with E-state index in [1.54, 1.807) is 0 Å². The fourth-order valence-corrected chi connectivity index (χ4v) is 26.6. The zero-order valence-electron chi connectivity index (χ0n) is 36.5. The van der Waals surface area contributed by atoms with E-state index in [1.165, 1.54) is 0 Å². The van der Waals surface area contributed by atoms with Gasteiger partial charge in [-0.2, -0.15) is 0 Å². The maximum atomic E-state index is 17.6. The molecule has 0 amide bonds. The first-order valence-electron chi connectivity index (χ1n) is 22.4. The molecule has 0 N–H and O–H groups in total. The van der Waals surface area contributed by atoms with Crippen LogP contribution in [-0.4, -0.2) is 33.3 Å². The molecule has 67 heavy (non-hydrogen) atoms. The van der Waals surface area contributed by atoms with Crippen molar-refractivity contribution in [2.24, 2.45) is 0 Å². The van der Waals surface area contributed by atoms with Crippen molar-refractivity contribution in [3.05, 3.63) is 273 Å². The van der Waals surface area contributed by atoms with E-state index in [0.717, 1.165) is 47.7 Å². The van der Waals surface area contributed by atoms with Gasteiger partial charge in [0, 0.05) is 0 Å². The Labute approximate surface area is 391 Å². The number of hydrogen-bond acceptors (Lipinski definition) is 4. The van der Waals surface area contributed by atoms with Crippen molar-refractivity contribution >= 4 is 96.3 Å². The van der Waals surface area contributed by atoms with Crippen molar-refractivity contribution in [2.75, 3.05) is 0 Å². The molecule has 9 aromatic carbocycles. The topological polar surface area (TPSA) is 63.7 Å². The van der Waals surface area contributed by atoms with Crippen molar-refractivity contribution in [2.45, 2.75) is 5.34 Å². The summed E-state index contributed by atoms with van der Waals surface area (Å²) in [6.07, 6.45) is 0. The molecule has 1 aliphatic carbocycles. The monoisotopic (exact) mass is 922 g/mol. The Balaban J connectivity index is 1.49. The predicted molar refractivity (Wildman–Crippen MR) is 284 cm³/mol. The average Bonchev–Trinajstić information content (AvgIpc) is 4.09. The van der Waals surface area contributed by atoms with E-state index in [2.05, 4.69) is 0 Å². The van der Waals surface area contributed by atoms with Gasteiger partial charge in [-0.15, -0.1) is 0 Å². The van der Waals surface area contributed by atoms with Gasteiger partial charge in [-0.05, 0) is 0 Å². The Morgan fingerprint density at radius 1 is 0.284 bits per heavy atom. The number of hydrogen-bond donors (Lipinski definition) is 0. The summed E-state index contributed by atoms with van der Waals surface area (Å²) in [4.78, 5) is 52.6. The molecule has 0 atom stereocenters. The summed E-state index contributed by atoms with van der Waals surface area (Å²) < 4.78 is 7.89. The van der Waals surface area contributed by atoms with Gasteiger partial charge in [0.15, 0.2) is 0 Å². The summed E-state index contributed by atoms with van der Waals surface area (Å²) in [6.45, 7) is -11.9. The number of rotatable bonds is 9. The molecule has 0 bridgehead atoms. The van der Waals surface area contributed by atoms with Crippen LogP contribution in [0.2, 0.25) is 0 Å². The number of ketones is 3. The summed E-state index contributed by atoms with van der Waals surface area (Å²) in [5, 5.41) is 5.03. The van der Waals surface area contributed by atoms with Crippen LogP contribution in [0.15, 0.2) is 273 Å². The van der Waals surface area contributed by atoms with Crippen LogP contribution in [0.3, 0.4) is 0 Å². The molecule has 0 radical (unpaired) electrons. The third-order valence-electron chi connectivity index (χ3n) is 13.6. The molecule has 1 saturated carbocycles. The van der Waals surface area contributed by atoms with Gasteiger partial charge in [-0.1, -0.05) is 0 Å². The van der Waals surface area contributed by atoms with Crippen LogP contribution in [0.5, 0.6) is 0 Å². The van der Waals surface area contributed by atoms with Crippen LogP contribution >= 0.6 is 20.6 Å². The second-order valence-electron chi connectivity index (χ2n) is 16.8. The first-order valence-corrected chi connectivity index (χ1v) is 28.1. The second kappa shape index (κ2) is 16.7. The van der Waals surface area contributed by atoms with E-state index in [9.17, 15) is 0 Å². The standard InChI is InChI=1S/C60H45O4P3/c61-55-56(65(46-28-10-1-11-29-46,47-30-12-2-13-31-47)48-32-14-3-15-33-48)58(62)60(64-67(60,52-40-22-7-23-41-52,53-42-24-8-25-43-53)54-44-26-9-27-45-54)59(63)57(55)66(49-34-16-4-17-35-49,50-36-18-5-19-37-50)51-38-20-6-21-39-51/h1-45H. The maximum absolute atomic E-state index is 17.6. The van der Waals surface area contributed by atoms with Crippen molar-refractivity contribution in [1.82, 2.24) is 0 Å². The Morgan fingerprint density at radius 3 is 0.687 bits per heavy atom. The molecule has 1 aliphatic heterocycles. The molecule has 9 aromatic rings. The van der Waals surface area contributed by atoms with E-state index in [1.807, 2.05) is 273 Å². The molecule has 1 heterocycles. The van der Waals surface area contributed by atoms with E-state index in [0.29, 0.717) is 0 Å². The molecule has 4 nitrogen and oxygen atoms in total. The van der Waals surface area contributed by atoms with Crippen molar-refractivity contribution < 1.29 is 18.9 Å². The van der Waals surface area contributed by atoms with Crippen LogP contribution < -0.4 is 47.7 Å². The summed E-state index contributed by atoms with van der Waals surface area (Å²) in [5.41, 5.74) is 0. The molecular weight excluding hydrogens is 878 g/mol. The summed E-state index contributed by atoms with van der Waals surface area (Å²) in [5.74, 6) is -1.72. The van der Waals surface area contributed by atoms with Crippen LogP contribution in [-0.2, 0) is 18.9 Å². The summed E-state index contributed by atoms with van der Waals surface area (Å²) in [7, 11) is 0. The van der Waals surface area contributed by atoms with Crippen LogP contribution in [0.25, 0.3) is 0 Å². The van der Waals surface area contributed by atoms with Crippen molar-refractivity contribution in [1.29, 1.82) is 0 Å². The van der Waals surface area contributed by atoms with Gasteiger partial charge in [0.05, 0.1) is 0 Å².